The molecule has 1 amide bonds. The number of ether oxygens (including phenoxy) is 1. The number of likely N-dealkylation sites (N-methyl/N-ethyl adjacent to an activating group) is 1. The lowest BCUT2D eigenvalue weighted by Crippen LogP contribution is -2.51. The molecule has 3 atom stereocenters. The number of hydrogen-bond donors (Lipinski definition) is 2. The van der Waals surface area contributed by atoms with Gasteiger partial charge >= 0.3 is 0 Å². The second kappa shape index (κ2) is 7.88. The van der Waals surface area contributed by atoms with E-state index in [2.05, 4.69) is 32.0 Å². The topological polar surface area (TPSA) is 90.1 Å². The van der Waals surface area contributed by atoms with Crippen molar-refractivity contribution in [1.29, 1.82) is 0 Å². The molecule has 34 heavy (non-hydrogen) atoms. The summed E-state index contributed by atoms with van der Waals surface area (Å²) in [6, 6.07) is 2.93. The number of hydrogen-bond acceptors (Lipinski definition) is 5. The van der Waals surface area contributed by atoms with Crippen molar-refractivity contribution in [3.8, 4) is 11.5 Å². The van der Waals surface area contributed by atoms with Crippen LogP contribution in [0.4, 0.5) is 10.1 Å². The Bertz CT molecular complexity index is 1260. The van der Waals surface area contributed by atoms with E-state index in [1.54, 1.807) is 4.90 Å². The number of aromatic nitrogens is 4. The minimum atomic E-state index is -0.445. The number of amides is 1. The van der Waals surface area contributed by atoms with Gasteiger partial charge in [-0.2, -0.15) is 5.10 Å². The molecule has 8 nitrogen and oxygen atoms in total. The van der Waals surface area contributed by atoms with E-state index in [4.69, 9.17) is 4.74 Å². The zero-order chi connectivity index (χ0) is 23.6. The van der Waals surface area contributed by atoms with Gasteiger partial charge in [0.1, 0.15) is 11.2 Å². The molecule has 2 fully saturated rings. The van der Waals surface area contributed by atoms with E-state index >= 15 is 4.39 Å². The van der Waals surface area contributed by atoms with E-state index in [1.807, 2.05) is 19.9 Å². The number of nitrogens with one attached hydrogen (secondary N) is 2. The summed E-state index contributed by atoms with van der Waals surface area (Å²) in [5, 5.41) is 7.73. The second-order valence-electron chi connectivity index (χ2n) is 10.3. The molecule has 2 N–H and O–H groups in total. The summed E-state index contributed by atoms with van der Waals surface area (Å²) in [6.45, 7) is 9.28. The van der Waals surface area contributed by atoms with E-state index in [0.29, 0.717) is 48.1 Å². The van der Waals surface area contributed by atoms with Gasteiger partial charge in [0.25, 0.3) is 0 Å². The Balaban J connectivity index is 1.31. The fraction of sp³-hybridized carbons (Fsp3) is 0.560. The van der Waals surface area contributed by atoms with Crippen molar-refractivity contribution in [3.63, 3.8) is 0 Å². The highest BCUT2D eigenvalue weighted by molar-refractivity contribution is 5.98. The maximum absolute atomic E-state index is 15.2. The first-order valence-electron chi connectivity index (χ1n) is 12.3. The zero-order valence-corrected chi connectivity index (χ0v) is 19.9. The van der Waals surface area contributed by atoms with Crippen LogP contribution in [0.15, 0.2) is 12.1 Å². The van der Waals surface area contributed by atoms with E-state index in [9.17, 15) is 4.79 Å². The van der Waals surface area contributed by atoms with Gasteiger partial charge in [-0.15, -0.1) is 0 Å². The summed E-state index contributed by atoms with van der Waals surface area (Å²) >= 11 is 0. The lowest BCUT2D eigenvalue weighted by Gasteiger charge is -2.34. The van der Waals surface area contributed by atoms with E-state index < -0.39 is 5.82 Å². The summed E-state index contributed by atoms with van der Waals surface area (Å²) in [5.74, 6) is 0.779. The molecule has 3 aliphatic rings. The number of rotatable bonds is 5. The van der Waals surface area contributed by atoms with Gasteiger partial charge in [0, 0.05) is 42.6 Å². The highest BCUT2D eigenvalue weighted by Gasteiger charge is 2.53. The number of morpholine rings is 1. The Kier molecular flexibility index (Phi) is 5.04. The standard InChI is InChI=1S/C25H31FN6O2/c1-4-32(24(33)14(2)31-5-7-34-8-6-31)16-10-18(26)22-19(11-16)27-23(28-22)21-17-9-15-12-25(15,3)13-20(17)29-30-21/h10-11,14-15H,4-9,12-13H2,1-3H3,(H,27,28)(H,29,30)/t14?,15-,25-/m1/s1. The van der Waals surface area contributed by atoms with Gasteiger partial charge in [0.05, 0.1) is 24.8 Å². The summed E-state index contributed by atoms with van der Waals surface area (Å²) in [7, 11) is 0. The summed E-state index contributed by atoms with van der Waals surface area (Å²) in [6.07, 6.45) is 3.24. The minimum Gasteiger partial charge on any atom is -0.379 e. The number of halogens is 1. The number of imidazole rings is 1. The van der Waals surface area contributed by atoms with Crippen LogP contribution < -0.4 is 4.90 Å². The largest absolute Gasteiger partial charge is 0.379 e. The predicted molar refractivity (Wildman–Crippen MR) is 127 cm³/mol. The number of benzene rings is 1. The number of carbonyl (C=O) groups is 1. The summed E-state index contributed by atoms with van der Waals surface area (Å²) < 4.78 is 20.6. The first kappa shape index (κ1) is 21.7. The number of nitrogens with zero attached hydrogens (tertiary/aromatic N) is 4. The molecular formula is C25H31FN6O2. The van der Waals surface area contributed by atoms with Gasteiger partial charge in [-0.25, -0.2) is 9.37 Å². The molecule has 1 saturated carbocycles. The molecule has 0 spiro atoms. The van der Waals surface area contributed by atoms with Crippen LogP contribution in [-0.4, -0.2) is 69.9 Å². The van der Waals surface area contributed by atoms with Crippen LogP contribution in [0.2, 0.25) is 0 Å². The number of aromatic amines is 2. The lowest BCUT2D eigenvalue weighted by atomic mass is 9.88. The van der Waals surface area contributed by atoms with Crippen molar-refractivity contribution in [2.75, 3.05) is 37.7 Å². The van der Waals surface area contributed by atoms with Crippen LogP contribution in [-0.2, 0) is 22.4 Å². The Labute approximate surface area is 197 Å². The van der Waals surface area contributed by atoms with Crippen molar-refractivity contribution in [1.82, 2.24) is 25.1 Å². The third kappa shape index (κ3) is 3.44. The van der Waals surface area contributed by atoms with Crippen molar-refractivity contribution in [2.45, 2.75) is 46.1 Å². The quantitative estimate of drug-likeness (QED) is 0.602. The van der Waals surface area contributed by atoms with Gasteiger partial charge in [-0.3, -0.25) is 14.8 Å². The molecule has 0 bridgehead atoms. The number of fused-ring (bicyclic) bond motifs is 3. The van der Waals surface area contributed by atoms with Crippen LogP contribution >= 0.6 is 0 Å². The zero-order valence-electron chi connectivity index (χ0n) is 19.9. The Morgan fingerprint density at radius 3 is 2.94 bits per heavy atom. The SMILES string of the molecule is CCN(C(=O)C(C)N1CCOCC1)c1cc(F)c2nc(-c3n[nH]c4c3C[C@@H]3C[C@]3(C)C4)[nH]c2c1. The number of carbonyl (C=O) groups excluding carboxylic acids is 1. The minimum absolute atomic E-state index is 0.0447. The van der Waals surface area contributed by atoms with Gasteiger partial charge < -0.3 is 14.6 Å². The summed E-state index contributed by atoms with van der Waals surface area (Å²) in [5.41, 5.74) is 4.93. The monoisotopic (exact) mass is 466 g/mol. The molecule has 1 aromatic carbocycles. The average molecular weight is 467 g/mol. The molecule has 3 aromatic rings. The third-order valence-corrected chi connectivity index (χ3v) is 8.12. The number of anilines is 1. The first-order chi connectivity index (χ1) is 16.4. The van der Waals surface area contributed by atoms with Crippen LogP contribution in [0.5, 0.6) is 0 Å². The molecule has 1 unspecified atom stereocenters. The molecule has 2 aromatic heterocycles. The lowest BCUT2D eigenvalue weighted by molar-refractivity contribution is -0.124. The molecule has 2 aliphatic carbocycles. The van der Waals surface area contributed by atoms with Crippen LogP contribution in [0.1, 0.15) is 38.4 Å². The molecule has 0 radical (unpaired) electrons. The van der Waals surface area contributed by atoms with Gasteiger partial charge in [-0.05, 0) is 50.5 Å². The molecular weight excluding hydrogens is 435 g/mol. The highest BCUT2D eigenvalue weighted by atomic mass is 19.1. The average Bonchev–Trinajstić information content (AvgIpc) is 3.13. The van der Waals surface area contributed by atoms with Gasteiger partial charge in [0.15, 0.2) is 11.6 Å². The molecule has 3 heterocycles. The smallest absolute Gasteiger partial charge is 0.244 e. The highest BCUT2D eigenvalue weighted by Crippen LogP contribution is 2.59. The fourth-order valence-corrected chi connectivity index (χ4v) is 5.79. The second-order valence-corrected chi connectivity index (χ2v) is 10.3. The molecule has 180 valence electrons. The van der Waals surface area contributed by atoms with Crippen LogP contribution in [0, 0.1) is 17.2 Å². The first-order valence-corrected chi connectivity index (χ1v) is 12.3. The maximum Gasteiger partial charge on any atom is 0.244 e. The van der Waals surface area contributed by atoms with Crippen molar-refractivity contribution < 1.29 is 13.9 Å². The summed E-state index contributed by atoms with van der Waals surface area (Å²) in [4.78, 5) is 24.9. The normalized spacial score (nSPS) is 25.1. The van der Waals surface area contributed by atoms with Crippen LogP contribution in [0.25, 0.3) is 22.6 Å². The van der Waals surface area contributed by atoms with Crippen LogP contribution in [0.3, 0.4) is 0 Å². The molecule has 9 heteroatoms. The molecule has 1 aliphatic heterocycles. The maximum atomic E-state index is 15.2. The third-order valence-electron chi connectivity index (χ3n) is 8.12. The predicted octanol–water partition coefficient (Wildman–Crippen LogP) is 3.29. The van der Waals surface area contributed by atoms with Crippen molar-refractivity contribution >= 4 is 22.6 Å². The van der Waals surface area contributed by atoms with Crippen molar-refractivity contribution in [2.24, 2.45) is 11.3 Å². The van der Waals surface area contributed by atoms with Crippen molar-refractivity contribution in [3.05, 3.63) is 29.2 Å². The number of H-pyrrole nitrogens is 2. The van der Waals surface area contributed by atoms with Gasteiger partial charge in [0.2, 0.25) is 5.91 Å². The Morgan fingerprint density at radius 1 is 1.38 bits per heavy atom. The van der Waals surface area contributed by atoms with E-state index in [-0.39, 0.29) is 17.5 Å². The molecule has 1 saturated heterocycles. The molecule has 6 rings (SSSR count). The Morgan fingerprint density at radius 2 is 2.18 bits per heavy atom. The van der Waals surface area contributed by atoms with E-state index in [1.165, 1.54) is 23.7 Å². The van der Waals surface area contributed by atoms with E-state index in [0.717, 1.165) is 31.6 Å². The Hall–Kier alpha value is -2.78. The fourth-order valence-electron chi connectivity index (χ4n) is 5.79. The van der Waals surface area contributed by atoms with Gasteiger partial charge in [-0.1, -0.05) is 6.92 Å².